The quantitative estimate of drug-likeness (QED) is 0.469. The third-order valence-electron chi connectivity index (χ3n) is 1.61. The average molecular weight is 189 g/mol. The summed E-state index contributed by atoms with van der Waals surface area (Å²) in [6, 6.07) is -0.244. The average Bonchev–Trinajstić information content (AvgIpc) is 2.16. The van der Waals surface area contributed by atoms with Crippen molar-refractivity contribution >= 4 is 5.97 Å². The van der Waals surface area contributed by atoms with Gasteiger partial charge in [0.15, 0.2) is 0 Å². The number of esters is 1. The first kappa shape index (κ1) is 12.4. The molecule has 4 heteroatoms. The lowest BCUT2D eigenvalue weighted by Gasteiger charge is -2.09. The van der Waals surface area contributed by atoms with Crippen LogP contribution in [0.15, 0.2) is 0 Å². The first-order valence-electron chi connectivity index (χ1n) is 4.64. The minimum absolute atomic E-state index is 0.234. The minimum atomic E-state index is -0.244. The summed E-state index contributed by atoms with van der Waals surface area (Å²) in [6.45, 7) is 5.34. The van der Waals surface area contributed by atoms with E-state index < -0.39 is 0 Å². The molecule has 0 rings (SSSR count). The Balaban J connectivity index is 3.27. The number of carbonyl (C=O) groups is 1. The predicted octanol–water partition coefficient (Wildman–Crippen LogP) is 0.564. The Morgan fingerprint density at radius 1 is 1.38 bits per heavy atom. The summed E-state index contributed by atoms with van der Waals surface area (Å²) in [7, 11) is 1.72. The fourth-order valence-corrected chi connectivity index (χ4v) is 0.690. The van der Waals surface area contributed by atoms with Crippen LogP contribution in [0.5, 0.6) is 0 Å². The number of nitrogens with one attached hydrogen (secondary N) is 1. The first-order valence-corrected chi connectivity index (χ1v) is 4.64. The molecule has 1 unspecified atom stereocenters. The van der Waals surface area contributed by atoms with E-state index in [0.29, 0.717) is 13.2 Å². The van der Waals surface area contributed by atoms with Crippen molar-refractivity contribution in [3.05, 3.63) is 0 Å². The zero-order valence-electron chi connectivity index (χ0n) is 8.63. The predicted molar refractivity (Wildman–Crippen MR) is 50.6 cm³/mol. The van der Waals surface area contributed by atoms with Crippen molar-refractivity contribution in [1.29, 1.82) is 0 Å². The fraction of sp³-hybridized carbons (Fsp3) is 0.889. The smallest absolute Gasteiger partial charge is 0.322 e. The first-order chi connectivity index (χ1) is 6.22. The fourth-order valence-electron chi connectivity index (χ4n) is 0.690. The van der Waals surface area contributed by atoms with Gasteiger partial charge in [-0.3, -0.25) is 4.79 Å². The topological polar surface area (TPSA) is 47.6 Å². The second-order valence-corrected chi connectivity index (χ2v) is 2.79. The Hall–Kier alpha value is -0.610. The molecule has 0 aliphatic rings. The molecule has 0 radical (unpaired) electrons. The Bertz CT molecular complexity index is 139. The van der Waals surface area contributed by atoms with Crippen LogP contribution in [-0.4, -0.2) is 38.9 Å². The Kier molecular flexibility index (Phi) is 7.63. The highest BCUT2D eigenvalue weighted by atomic mass is 16.6. The van der Waals surface area contributed by atoms with E-state index in [9.17, 15) is 4.79 Å². The maximum Gasteiger partial charge on any atom is 0.322 e. The summed E-state index contributed by atoms with van der Waals surface area (Å²) < 4.78 is 10.1. The molecule has 13 heavy (non-hydrogen) atoms. The maximum absolute atomic E-state index is 11.1. The van der Waals surface area contributed by atoms with Crippen molar-refractivity contribution in [2.75, 3.05) is 26.9 Å². The van der Waals surface area contributed by atoms with Crippen molar-refractivity contribution in [3.8, 4) is 0 Å². The summed E-state index contributed by atoms with van der Waals surface area (Å²) >= 11 is 0. The van der Waals surface area contributed by atoms with Crippen LogP contribution in [0, 0.1) is 0 Å². The van der Waals surface area contributed by atoms with Crippen LogP contribution in [-0.2, 0) is 14.3 Å². The largest absolute Gasteiger partial charge is 0.462 e. The van der Waals surface area contributed by atoms with Crippen molar-refractivity contribution in [1.82, 2.24) is 5.32 Å². The highest BCUT2D eigenvalue weighted by Crippen LogP contribution is 1.87. The van der Waals surface area contributed by atoms with Crippen LogP contribution in [0.4, 0.5) is 0 Å². The van der Waals surface area contributed by atoms with E-state index in [4.69, 9.17) is 9.47 Å². The van der Waals surface area contributed by atoms with Gasteiger partial charge in [0.25, 0.3) is 0 Å². The SMILES string of the molecule is CCCOCCOC(=O)C(C)NC. The van der Waals surface area contributed by atoms with Crippen LogP contribution in [0.1, 0.15) is 20.3 Å². The van der Waals surface area contributed by atoms with Gasteiger partial charge in [0.2, 0.25) is 0 Å². The molecule has 4 nitrogen and oxygen atoms in total. The second kappa shape index (κ2) is 8.01. The van der Waals surface area contributed by atoms with E-state index in [1.165, 1.54) is 0 Å². The van der Waals surface area contributed by atoms with Gasteiger partial charge in [-0.25, -0.2) is 0 Å². The molecule has 0 aromatic carbocycles. The second-order valence-electron chi connectivity index (χ2n) is 2.79. The molecule has 0 saturated heterocycles. The molecule has 0 spiro atoms. The number of ether oxygens (including phenoxy) is 2. The van der Waals surface area contributed by atoms with Crippen LogP contribution >= 0.6 is 0 Å². The van der Waals surface area contributed by atoms with E-state index in [1.54, 1.807) is 14.0 Å². The van der Waals surface area contributed by atoms with Crippen LogP contribution in [0.25, 0.3) is 0 Å². The summed E-state index contributed by atoms with van der Waals surface area (Å²) in [5, 5.41) is 2.80. The van der Waals surface area contributed by atoms with Gasteiger partial charge < -0.3 is 14.8 Å². The number of hydrogen-bond donors (Lipinski definition) is 1. The third-order valence-corrected chi connectivity index (χ3v) is 1.61. The highest BCUT2D eigenvalue weighted by molar-refractivity contribution is 5.75. The van der Waals surface area contributed by atoms with Gasteiger partial charge in [-0.15, -0.1) is 0 Å². The van der Waals surface area contributed by atoms with Crippen LogP contribution < -0.4 is 5.32 Å². The van der Waals surface area contributed by atoms with Gasteiger partial charge in [0.1, 0.15) is 12.6 Å². The summed E-state index contributed by atoms with van der Waals surface area (Å²) in [6.07, 6.45) is 0.987. The molecule has 1 N–H and O–H groups in total. The molecule has 0 aliphatic heterocycles. The van der Waals surface area contributed by atoms with Crippen molar-refractivity contribution in [3.63, 3.8) is 0 Å². The third kappa shape index (κ3) is 6.54. The zero-order valence-corrected chi connectivity index (χ0v) is 8.63. The zero-order chi connectivity index (χ0) is 10.1. The van der Waals surface area contributed by atoms with Gasteiger partial charge in [-0.2, -0.15) is 0 Å². The lowest BCUT2D eigenvalue weighted by Crippen LogP contribution is -2.33. The summed E-state index contributed by atoms with van der Waals surface area (Å²) in [4.78, 5) is 11.1. The number of rotatable bonds is 7. The molecule has 0 aromatic heterocycles. The van der Waals surface area contributed by atoms with Gasteiger partial charge >= 0.3 is 5.97 Å². The number of likely N-dealkylation sites (N-methyl/N-ethyl adjacent to an activating group) is 1. The summed E-state index contributed by atoms with van der Waals surface area (Å²) in [5.41, 5.74) is 0. The molecular formula is C9H19NO3. The van der Waals surface area contributed by atoms with Crippen molar-refractivity contribution < 1.29 is 14.3 Å². The van der Waals surface area contributed by atoms with E-state index >= 15 is 0 Å². The van der Waals surface area contributed by atoms with E-state index in [-0.39, 0.29) is 12.0 Å². The summed E-state index contributed by atoms with van der Waals surface area (Å²) in [5.74, 6) is -0.234. The standard InChI is InChI=1S/C9H19NO3/c1-4-5-12-6-7-13-9(11)8(2)10-3/h8,10H,4-7H2,1-3H3. The van der Waals surface area contributed by atoms with Gasteiger partial charge in [0.05, 0.1) is 6.61 Å². The van der Waals surface area contributed by atoms with Gasteiger partial charge in [-0.1, -0.05) is 6.92 Å². The minimum Gasteiger partial charge on any atom is -0.462 e. The highest BCUT2D eigenvalue weighted by Gasteiger charge is 2.10. The molecule has 0 saturated carbocycles. The van der Waals surface area contributed by atoms with E-state index in [2.05, 4.69) is 5.32 Å². The van der Waals surface area contributed by atoms with E-state index in [1.807, 2.05) is 6.92 Å². The monoisotopic (exact) mass is 189 g/mol. The van der Waals surface area contributed by atoms with Crippen molar-refractivity contribution in [2.45, 2.75) is 26.3 Å². The molecule has 0 fully saturated rings. The van der Waals surface area contributed by atoms with Gasteiger partial charge in [-0.05, 0) is 20.4 Å². The number of hydrogen-bond acceptors (Lipinski definition) is 4. The molecule has 0 aliphatic carbocycles. The molecule has 0 amide bonds. The number of carbonyl (C=O) groups excluding carboxylic acids is 1. The van der Waals surface area contributed by atoms with Crippen LogP contribution in [0.2, 0.25) is 0 Å². The molecule has 1 atom stereocenters. The molecule has 78 valence electrons. The maximum atomic E-state index is 11.1. The molecule has 0 aromatic rings. The molecule has 0 heterocycles. The normalized spacial score (nSPS) is 12.5. The Morgan fingerprint density at radius 2 is 2.08 bits per heavy atom. The van der Waals surface area contributed by atoms with Gasteiger partial charge in [0, 0.05) is 6.61 Å². The molecule has 0 bridgehead atoms. The van der Waals surface area contributed by atoms with Crippen LogP contribution in [0.3, 0.4) is 0 Å². The van der Waals surface area contributed by atoms with E-state index in [0.717, 1.165) is 13.0 Å². The lowest BCUT2D eigenvalue weighted by atomic mass is 10.3. The molecular weight excluding hydrogens is 170 g/mol. The van der Waals surface area contributed by atoms with Crippen molar-refractivity contribution in [2.24, 2.45) is 0 Å². The Labute approximate surface area is 79.6 Å². The lowest BCUT2D eigenvalue weighted by molar-refractivity contribution is -0.147. The Morgan fingerprint density at radius 3 is 2.62 bits per heavy atom.